The number of aromatic nitrogens is 3. The van der Waals surface area contributed by atoms with E-state index in [-0.39, 0.29) is 6.10 Å². The van der Waals surface area contributed by atoms with E-state index >= 15 is 0 Å². The van der Waals surface area contributed by atoms with Gasteiger partial charge in [-0.3, -0.25) is 9.89 Å². The number of guanidine groups is 1. The minimum atomic E-state index is 0.270. The lowest BCUT2D eigenvalue weighted by atomic mass is 10.2. The quantitative estimate of drug-likeness (QED) is 0.508. The molecule has 30 heavy (non-hydrogen) atoms. The second kappa shape index (κ2) is 10.9. The van der Waals surface area contributed by atoms with Crippen molar-refractivity contribution in [1.82, 2.24) is 29.9 Å². The summed E-state index contributed by atoms with van der Waals surface area (Å²) in [6.45, 7) is 10.5. The van der Waals surface area contributed by atoms with Crippen LogP contribution in [0.5, 0.6) is 0 Å². The maximum atomic E-state index is 5.78. The van der Waals surface area contributed by atoms with Crippen LogP contribution in [0.15, 0.2) is 28.8 Å². The summed E-state index contributed by atoms with van der Waals surface area (Å²) in [6, 6.07) is 4.36. The number of rotatable bonds is 8. The van der Waals surface area contributed by atoms with E-state index in [1.165, 1.54) is 4.88 Å². The van der Waals surface area contributed by atoms with Crippen molar-refractivity contribution in [2.75, 3.05) is 45.9 Å². The lowest BCUT2D eigenvalue weighted by molar-refractivity contribution is 0.117. The Kier molecular flexibility index (Phi) is 7.71. The van der Waals surface area contributed by atoms with Crippen LogP contribution >= 0.6 is 11.3 Å². The number of nitrogens with zero attached hydrogens (tertiary/aromatic N) is 6. The summed E-state index contributed by atoms with van der Waals surface area (Å²) < 4.78 is 7.89. The Hall–Kier alpha value is -1.97. The highest BCUT2D eigenvalue weighted by atomic mass is 32.1. The van der Waals surface area contributed by atoms with Crippen molar-refractivity contribution >= 4 is 17.3 Å². The zero-order valence-electron chi connectivity index (χ0n) is 17.9. The predicted molar refractivity (Wildman–Crippen MR) is 120 cm³/mol. The highest BCUT2D eigenvalue weighted by molar-refractivity contribution is 7.09. The Balaban J connectivity index is 1.32. The largest absolute Gasteiger partial charge is 0.376 e. The van der Waals surface area contributed by atoms with Crippen LogP contribution in [-0.4, -0.2) is 82.5 Å². The van der Waals surface area contributed by atoms with Gasteiger partial charge in [-0.1, -0.05) is 13.0 Å². The van der Waals surface area contributed by atoms with Crippen molar-refractivity contribution in [3.63, 3.8) is 0 Å². The molecule has 0 spiro atoms. The van der Waals surface area contributed by atoms with E-state index in [2.05, 4.69) is 54.3 Å². The molecule has 0 radical (unpaired) electrons. The number of aryl methyl sites for hydroxylation is 1. The summed E-state index contributed by atoms with van der Waals surface area (Å²) in [6.07, 6.45) is 5.24. The second-order valence-electron chi connectivity index (χ2n) is 7.86. The average molecular weight is 432 g/mol. The Labute approximate surface area is 182 Å². The van der Waals surface area contributed by atoms with E-state index in [4.69, 9.17) is 9.73 Å². The van der Waals surface area contributed by atoms with Gasteiger partial charge in [-0.15, -0.1) is 21.5 Å². The molecule has 0 aromatic carbocycles. The molecule has 2 aromatic rings. The molecule has 164 valence electrons. The van der Waals surface area contributed by atoms with Crippen LogP contribution in [0.25, 0.3) is 0 Å². The maximum Gasteiger partial charge on any atom is 0.194 e. The molecule has 2 aliphatic heterocycles. The standard InChI is InChI=1S/C21H33N7OS/c1-2-20-25-24-17-28(20)8-7-22-21(23-15-18-5-3-13-29-18)27-11-9-26(10-12-27)16-19-6-4-14-30-19/h4,6,14,17-18H,2-3,5,7-13,15-16H2,1H3,(H,22,23). The molecule has 4 heterocycles. The molecule has 0 saturated carbocycles. The van der Waals surface area contributed by atoms with Crippen molar-refractivity contribution in [2.45, 2.75) is 45.4 Å². The van der Waals surface area contributed by atoms with Gasteiger partial charge in [0.15, 0.2) is 5.96 Å². The number of hydrogen-bond donors (Lipinski definition) is 1. The molecular formula is C21H33N7OS. The van der Waals surface area contributed by atoms with Crippen LogP contribution in [0.1, 0.15) is 30.5 Å². The average Bonchev–Trinajstić information content (AvgIpc) is 3.54. The number of piperazine rings is 1. The third-order valence-corrected chi connectivity index (χ3v) is 6.61. The number of hydrogen-bond acceptors (Lipinski definition) is 6. The predicted octanol–water partition coefficient (Wildman–Crippen LogP) is 1.84. The van der Waals surface area contributed by atoms with Crippen molar-refractivity contribution in [1.29, 1.82) is 0 Å². The first-order chi connectivity index (χ1) is 14.8. The Morgan fingerprint density at radius 3 is 2.97 bits per heavy atom. The molecule has 4 rings (SSSR count). The van der Waals surface area contributed by atoms with Crippen molar-refractivity contribution in [3.05, 3.63) is 34.5 Å². The molecular weight excluding hydrogens is 398 g/mol. The lowest BCUT2D eigenvalue weighted by Crippen LogP contribution is -2.52. The van der Waals surface area contributed by atoms with E-state index in [0.29, 0.717) is 0 Å². The summed E-state index contributed by atoms with van der Waals surface area (Å²) in [4.78, 5) is 11.3. The first-order valence-electron chi connectivity index (χ1n) is 11.1. The van der Waals surface area contributed by atoms with E-state index in [0.717, 1.165) is 90.0 Å². The molecule has 2 aliphatic rings. The first kappa shape index (κ1) is 21.3. The molecule has 9 heteroatoms. The zero-order valence-corrected chi connectivity index (χ0v) is 18.7. The van der Waals surface area contributed by atoms with Gasteiger partial charge >= 0.3 is 0 Å². The van der Waals surface area contributed by atoms with E-state index in [9.17, 15) is 0 Å². The maximum absolute atomic E-state index is 5.78. The molecule has 0 bridgehead atoms. The molecule has 1 unspecified atom stereocenters. The topological polar surface area (TPSA) is 70.8 Å². The van der Waals surface area contributed by atoms with Gasteiger partial charge in [0, 0.05) is 63.7 Å². The molecule has 2 fully saturated rings. The normalized spacial score (nSPS) is 20.8. The number of thiophene rings is 1. The van der Waals surface area contributed by atoms with Gasteiger partial charge in [-0.2, -0.15) is 0 Å². The SMILES string of the molecule is CCc1nncn1CCNC(=NCC1CCCO1)N1CCN(Cc2cccs2)CC1. The summed E-state index contributed by atoms with van der Waals surface area (Å²) in [5, 5.41) is 14.0. The minimum absolute atomic E-state index is 0.270. The molecule has 0 amide bonds. The van der Waals surface area contributed by atoms with Crippen LogP contribution < -0.4 is 5.32 Å². The van der Waals surface area contributed by atoms with Gasteiger partial charge in [-0.05, 0) is 24.3 Å². The molecule has 8 nitrogen and oxygen atoms in total. The summed E-state index contributed by atoms with van der Waals surface area (Å²) >= 11 is 1.84. The minimum Gasteiger partial charge on any atom is -0.376 e. The highest BCUT2D eigenvalue weighted by Crippen LogP contribution is 2.15. The summed E-state index contributed by atoms with van der Waals surface area (Å²) in [5.41, 5.74) is 0. The monoisotopic (exact) mass is 431 g/mol. The molecule has 1 atom stereocenters. The number of ether oxygens (including phenoxy) is 1. The summed E-state index contributed by atoms with van der Waals surface area (Å²) in [5.74, 6) is 2.03. The molecule has 0 aliphatic carbocycles. The van der Waals surface area contributed by atoms with Gasteiger partial charge < -0.3 is 19.5 Å². The van der Waals surface area contributed by atoms with Crippen LogP contribution in [0.3, 0.4) is 0 Å². The fourth-order valence-electron chi connectivity index (χ4n) is 4.01. The lowest BCUT2D eigenvalue weighted by Gasteiger charge is -2.36. The van der Waals surface area contributed by atoms with Gasteiger partial charge in [-0.25, -0.2) is 0 Å². The van der Waals surface area contributed by atoms with Gasteiger partial charge in [0.2, 0.25) is 0 Å². The van der Waals surface area contributed by atoms with Crippen LogP contribution in [0.2, 0.25) is 0 Å². The second-order valence-corrected chi connectivity index (χ2v) is 8.90. The Morgan fingerprint density at radius 1 is 1.33 bits per heavy atom. The smallest absolute Gasteiger partial charge is 0.194 e. The fourth-order valence-corrected chi connectivity index (χ4v) is 4.76. The molecule has 2 saturated heterocycles. The summed E-state index contributed by atoms with van der Waals surface area (Å²) in [7, 11) is 0. The number of aliphatic imine (C=N–C) groups is 1. The van der Waals surface area contributed by atoms with Crippen molar-refractivity contribution in [3.8, 4) is 0 Å². The molecule has 2 aromatic heterocycles. The van der Waals surface area contributed by atoms with E-state index < -0.39 is 0 Å². The van der Waals surface area contributed by atoms with Crippen LogP contribution in [0, 0.1) is 0 Å². The first-order valence-corrected chi connectivity index (χ1v) is 12.0. The van der Waals surface area contributed by atoms with Crippen molar-refractivity contribution in [2.24, 2.45) is 4.99 Å². The van der Waals surface area contributed by atoms with Gasteiger partial charge in [0.1, 0.15) is 12.2 Å². The fraction of sp³-hybridized carbons (Fsp3) is 0.667. The van der Waals surface area contributed by atoms with E-state index in [1.54, 1.807) is 0 Å². The third-order valence-electron chi connectivity index (χ3n) is 5.75. The van der Waals surface area contributed by atoms with Gasteiger partial charge in [0.25, 0.3) is 0 Å². The van der Waals surface area contributed by atoms with Crippen LogP contribution in [0.4, 0.5) is 0 Å². The zero-order chi connectivity index (χ0) is 20.6. The third kappa shape index (κ3) is 5.80. The Morgan fingerprint density at radius 2 is 2.23 bits per heavy atom. The van der Waals surface area contributed by atoms with Crippen LogP contribution in [-0.2, 0) is 24.2 Å². The van der Waals surface area contributed by atoms with Gasteiger partial charge in [0.05, 0.1) is 12.6 Å². The molecule has 1 N–H and O–H groups in total. The van der Waals surface area contributed by atoms with Crippen molar-refractivity contribution < 1.29 is 4.74 Å². The number of nitrogens with one attached hydrogen (secondary N) is 1. The highest BCUT2D eigenvalue weighted by Gasteiger charge is 2.21. The van der Waals surface area contributed by atoms with E-state index in [1.807, 2.05) is 17.7 Å². The Bertz CT molecular complexity index is 777.